The van der Waals surface area contributed by atoms with Crippen LogP contribution in [0.25, 0.3) is 0 Å². The Hall–Kier alpha value is -5.33. The molecule has 3 N–H and O–H groups in total. The van der Waals surface area contributed by atoms with Crippen LogP contribution in [-0.2, 0) is 15.1 Å². The molecule has 2 aliphatic rings. The molecule has 2 fully saturated rings. The molecule has 0 spiro atoms. The summed E-state index contributed by atoms with van der Waals surface area (Å²) in [6.07, 6.45) is -0.307. The van der Waals surface area contributed by atoms with Crippen molar-refractivity contribution in [3.63, 3.8) is 0 Å². The Balaban J connectivity index is 1.22. The SMILES string of the molecule is COc1ccc(C(OC[C@@]23CN[C@@H]([C@H](n4cc(C)c(NC(=O)c5ccccc5)nc4=O)O2)[C@@H]3O)(c2ccccc2)c2ccc(OC)cc2)cc1. The van der Waals surface area contributed by atoms with Crippen LogP contribution in [0.5, 0.6) is 11.5 Å². The molecule has 0 radical (unpaired) electrons. The molecule has 5 aromatic rings. The summed E-state index contributed by atoms with van der Waals surface area (Å²) in [5.41, 5.74) is 0.563. The normalized spacial score (nSPS) is 21.2. The van der Waals surface area contributed by atoms with Crippen LogP contribution in [0.1, 0.15) is 38.8 Å². The number of hydrogen-bond donors (Lipinski definition) is 3. The quantitative estimate of drug-likeness (QED) is 0.174. The Labute approximate surface area is 289 Å². The fraction of sp³-hybridized carbons (Fsp3) is 0.256. The lowest BCUT2D eigenvalue weighted by Crippen LogP contribution is -2.50. The van der Waals surface area contributed by atoms with E-state index in [0.29, 0.717) is 22.6 Å². The summed E-state index contributed by atoms with van der Waals surface area (Å²) < 4.78 is 26.0. The summed E-state index contributed by atoms with van der Waals surface area (Å²) in [6, 6.07) is 33.3. The van der Waals surface area contributed by atoms with Crippen LogP contribution in [0, 0.1) is 6.92 Å². The third-order valence-electron chi connectivity index (χ3n) is 9.56. The molecule has 1 aromatic heterocycles. The van der Waals surface area contributed by atoms with Crippen LogP contribution in [0.3, 0.4) is 0 Å². The molecule has 4 atom stereocenters. The molecular formula is C39H38N4O7. The molecular weight excluding hydrogens is 636 g/mol. The van der Waals surface area contributed by atoms with Crippen LogP contribution in [0.2, 0.25) is 0 Å². The number of aliphatic hydroxyl groups is 1. The van der Waals surface area contributed by atoms with E-state index in [4.69, 9.17) is 18.9 Å². The maximum atomic E-state index is 13.4. The van der Waals surface area contributed by atoms with Crippen LogP contribution in [-0.4, -0.2) is 65.7 Å². The molecule has 2 saturated heterocycles. The van der Waals surface area contributed by atoms with Crippen molar-refractivity contribution in [2.45, 2.75) is 36.5 Å². The number of amides is 1. The topological polar surface area (TPSA) is 133 Å². The molecule has 256 valence electrons. The summed E-state index contributed by atoms with van der Waals surface area (Å²) >= 11 is 0. The molecule has 2 aliphatic heterocycles. The number of hydrogen-bond acceptors (Lipinski definition) is 9. The number of benzene rings is 4. The molecule has 0 aliphatic carbocycles. The number of rotatable bonds is 11. The number of aryl methyl sites for hydroxylation is 1. The summed E-state index contributed by atoms with van der Waals surface area (Å²) in [4.78, 5) is 30.4. The van der Waals surface area contributed by atoms with Crippen molar-refractivity contribution in [2.75, 3.05) is 32.7 Å². The van der Waals surface area contributed by atoms with Crippen molar-refractivity contribution < 1.29 is 28.8 Å². The maximum absolute atomic E-state index is 13.4. The minimum atomic E-state index is -1.21. The lowest BCUT2D eigenvalue weighted by molar-refractivity contribution is -0.162. The summed E-state index contributed by atoms with van der Waals surface area (Å²) in [5.74, 6) is 1.17. The van der Waals surface area contributed by atoms with Gasteiger partial charge in [0.1, 0.15) is 34.6 Å². The standard InChI is InChI=1S/C39H38N4O7/c1-25-22-43(37(46)42-34(25)41-35(45)26-10-6-4-7-11-26)36-32-33(44)38(50-36,23-40-32)24-49-39(27-12-8-5-9-13-27,28-14-18-30(47-2)19-15-28)29-16-20-31(48-3)21-17-29/h4-22,32-33,36,40,44H,23-24H2,1-3H3,(H,41,42,45,46)/t32-,33+,36-,38-/m1/s1. The Bertz CT molecular complexity index is 1970. The Morgan fingerprint density at radius 2 is 1.48 bits per heavy atom. The smallest absolute Gasteiger partial charge is 0.351 e. The third kappa shape index (κ3) is 5.84. The number of nitrogens with one attached hydrogen (secondary N) is 2. The van der Waals surface area contributed by atoms with Crippen molar-refractivity contribution in [3.8, 4) is 11.5 Å². The minimum Gasteiger partial charge on any atom is -0.497 e. The van der Waals surface area contributed by atoms with Gasteiger partial charge >= 0.3 is 5.69 Å². The monoisotopic (exact) mass is 674 g/mol. The van der Waals surface area contributed by atoms with Gasteiger partial charge in [0.05, 0.1) is 26.9 Å². The van der Waals surface area contributed by atoms with E-state index < -0.39 is 35.3 Å². The number of methoxy groups -OCH3 is 2. The highest BCUT2D eigenvalue weighted by atomic mass is 16.6. The Morgan fingerprint density at radius 3 is 2.06 bits per heavy atom. The third-order valence-corrected chi connectivity index (χ3v) is 9.56. The van der Waals surface area contributed by atoms with Gasteiger partial charge in [-0.3, -0.25) is 9.36 Å². The first kappa shape index (κ1) is 33.2. The van der Waals surface area contributed by atoms with Gasteiger partial charge < -0.3 is 34.7 Å². The van der Waals surface area contributed by atoms with E-state index in [2.05, 4.69) is 15.6 Å². The lowest BCUT2D eigenvalue weighted by Gasteiger charge is -2.40. The number of aliphatic hydroxyl groups excluding tert-OH is 1. The molecule has 50 heavy (non-hydrogen) atoms. The fourth-order valence-corrected chi connectivity index (χ4v) is 6.87. The molecule has 0 saturated carbocycles. The number of anilines is 1. The molecule has 0 unspecified atom stereocenters. The first-order valence-electron chi connectivity index (χ1n) is 16.3. The summed E-state index contributed by atoms with van der Waals surface area (Å²) in [6.45, 7) is 2.00. The average Bonchev–Trinajstić information content (AvgIpc) is 3.62. The van der Waals surface area contributed by atoms with E-state index in [9.17, 15) is 14.7 Å². The van der Waals surface area contributed by atoms with Gasteiger partial charge in [-0.1, -0.05) is 72.8 Å². The van der Waals surface area contributed by atoms with Gasteiger partial charge in [-0.2, -0.15) is 4.98 Å². The predicted octanol–water partition coefficient (Wildman–Crippen LogP) is 4.43. The number of aromatic nitrogens is 2. The van der Waals surface area contributed by atoms with Crippen molar-refractivity contribution >= 4 is 11.7 Å². The highest BCUT2D eigenvalue weighted by Crippen LogP contribution is 2.46. The zero-order valence-corrected chi connectivity index (χ0v) is 27.9. The zero-order valence-electron chi connectivity index (χ0n) is 27.9. The van der Waals surface area contributed by atoms with Crippen molar-refractivity contribution in [3.05, 3.63) is 154 Å². The van der Waals surface area contributed by atoms with Gasteiger partial charge in [-0.15, -0.1) is 0 Å². The van der Waals surface area contributed by atoms with Gasteiger partial charge in [-0.25, -0.2) is 4.79 Å². The molecule has 11 nitrogen and oxygen atoms in total. The van der Waals surface area contributed by atoms with Crippen LogP contribution in [0.15, 0.2) is 120 Å². The largest absolute Gasteiger partial charge is 0.497 e. The molecule has 3 heterocycles. The predicted molar refractivity (Wildman–Crippen MR) is 187 cm³/mol. The first-order chi connectivity index (χ1) is 24.3. The van der Waals surface area contributed by atoms with E-state index in [-0.39, 0.29) is 24.9 Å². The Morgan fingerprint density at radius 1 is 0.920 bits per heavy atom. The summed E-state index contributed by atoms with van der Waals surface area (Å²) in [5, 5.41) is 17.8. The number of fused-ring (bicyclic) bond motifs is 2. The van der Waals surface area contributed by atoms with E-state index in [1.54, 1.807) is 51.6 Å². The maximum Gasteiger partial charge on any atom is 0.351 e. The molecule has 7 rings (SSSR count). The number of carbonyl (C=O) groups is 1. The zero-order chi connectivity index (χ0) is 34.9. The van der Waals surface area contributed by atoms with Crippen molar-refractivity contribution in [1.82, 2.24) is 14.9 Å². The van der Waals surface area contributed by atoms with Crippen LogP contribution in [0.4, 0.5) is 5.82 Å². The second-order valence-electron chi connectivity index (χ2n) is 12.5. The molecule has 4 aromatic carbocycles. The second kappa shape index (κ2) is 13.5. The first-order valence-corrected chi connectivity index (χ1v) is 16.3. The van der Waals surface area contributed by atoms with Crippen molar-refractivity contribution in [2.24, 2.45) is 0 Å². The van der Waals surface area contributed by atoms with Gasteiger partial charge in [0, 0.05) is 23.9 Å². The molecule has 1 amide bonds. The number of nitrogens with zero attached hydrogens (tertiary/aromatic N) is 2. The van der Waals surface area contributed by atoms with E-state index in [1.807, 2.05) is 84.9 Å². The van der Waals surface area contributed by atoms with E-state index in [1.165, 1.54) is 4.57 Å². The number of morpholine rings is 1. The van der Waals surface area contributed by atoms with Crippen molar-refractivity contribution in [1.29, 1.82) is 0 Å². The van der Waals surface area contributed by atoms with Crippen LogP contribution < -0.4 is 25.8 Å². The van der Waals surface area contributed by atoms with Crippen LogP contribution >= 0.6 is 0 Å². The van der Waals surface area contributed by atoms with Gasteiger partial charge in [0.25, 0.3) is 5.91 Å². The highest BCUT2D eigenvalue weighted by Gasteiger charge is 2.61. The average molecular weight is 675 g/mol. The Kier molecular flexibility index (Phi) is 8.98. The van der Waals surface area contributed by atoms with Gasteiger partial charge in [-0.05, 0) is 60.0 Å². The van der Waals surface area contributed by atoms with Gasteiger partial charge in [0.2, 0.25) is 0 Å². The number of carbonyl (C=O) groups excluding carboxylic acids is 1. The second-order valence-corrected chi connectivity index (χ2v) is 12.5. The lowest BCUT2D eigenvalue weighted by atomic mass is 9.79. The van der Waals surface area contributed by atoms with Gasteiger partial charge in [0.15, 0.2) is 6.23 Å². The minimum absolute atomic E-state index is 0.0342. The fourth-order valence-electron chi connectivity index (χ4n) is 6.87. The molecule has 2 bridgehead atoms. The van der Waals surface area contributed by atoms with E-state index >= 15 is 0 Å². The number of ether oxygens (including phenoxy) is 4. The van der Waals surface area contributed by atoms with E-state index in [0.717, 1.165) is 16.7 Å². The summed E-state index contributed by atoms with van der Waals surface area (Å²) in [7, 11) is 3.24. The molecule has 11 heteroatoms. The highest BCUT2D eigenvalue weighted by molar-refractivity contribution is 6.04.